The smallest absolute Gasteiger partial charge is 0.0302 e. The first-order valence-electron chi connectivity index (χ1n) is 5.36. The first-order valence-corrected chi connectivity index (χ1v) is 5.36. The molecule has 0 heteroatoms. The lowest BCUT2D eigenvalue weighted by Gasteiger charge is -2.17. The second-order valence-corrected chi connectivity index (χ2v) is 6.34. The lowest BCUT2D eigenvalue weighted by molar-refractivity contribution is 0.380. The molecule has 0 radical (unpaired) electrons. The quantitative estimate of drug-likeness (QED) is 0.550. The van der Waals surface area contributed by atoms with Gasteiger partial charge in [0, 0.05) is 0 Å². The van der Waals surface area contributed by atoms with Gasteiger partial charge in [-0.1, -0.05) is 53.7 Å². The first-order chi connectivity index (χ1) is 5.71. The average molecular weight is 182 g/mol. The third kappa shape index (κ3) is 11.7. The van der Waals surface area contributed by atoms with Crippen LogP contribution in [0.25, 0.3) is 0 Å². The lowest BCUT2D eigenvalue weighted by Crippen LogP contribution is -2.03. The normalized spacial score (nSPS) is 14.0. The van der Waals surface area contributed by atoms with Crippen molar-refractivity contribution in [2.24, 2.45) is 10.8 Å². The fourth-order valence-corrected chi connectivity index (χ4v) is 1.07. The van der Waals surface area contributed by atoms with Gasteiger partial charge in [-0.3, -0.25) is 0 Å². The molecule has 0 bridgehead atoms. The maximum atomic E-state index is 2.33. The molecule has 0 spiro atoms. The van der Waals surface area contributed by atoms with Crippen molar-refractivity contribution in [3.05, 3.63) is 12.2 Å². The van der Waals surface area contributed by atoms with E-state index in [0.29, 0.717) is 10.8 Å². The third-order valence-corrected chi connectivity index (χ3v) is 1.96. The second kappa shape index (κ2) is 4.83. The van der Waals surface area contributed by atoms with Crippen molar-refractivity contribution in [1.29, 1.82) is 0 Å². The van der Waals surface area contributed by atoms with Crippen LogP contribution in [0.1, 0.15) is 60.8 Å². The molecule has 0 fully saturated rings. The van der Waals surface area contributed by atoms with Crippen molar-refractivity contribution >= 4 is 0 Å². The molecule has 0 nitrogen and oxygen atoms in total. The van der Waals surface area contributed by atoms with E-state index in [2.05, 4.69) is 53.7 Å². The summed E-state index contributed by atoms with van der Waals surface area (Å²) in [6.07, 6.45) is 8.35. The topological polar surface area (TPSA) is 0 Å². The van der Waals surface area contributed by atoms with Crippen molar-refractivity contribution in [2.45, 2.75) is 60.8 Å². The largest absolute Gasteiger partial charge is 0.0885 e. The van der Waals surface area contributed by atoms with Gasteiger partial charge in [-0.15, -0.1) is 0 Å². The average Bonchev–Trinajstić information content (AvgIpc) is 1.81. The highest BCUT2D eigenvalue weighted by Gasteiger charge is 2.08. The predicted octanol–water partition coefficient (Wildman–Crippen LogP) is 4.81. The van der Waals surface area contributed by atoms with Crippen LogP contribution in [0.5, 0.6) is 0 Å². The minimum atomic E-state index is 0.443. The van der Waals surface area contributed by atoms with Crippen molar-refractivity contribution in [3.63, 3.8) is 0 Å². The standard InChI is InChI=1S/C13H26/c1-12(2,3)10-8-7-9-11-13(4,5)6/h7-8H,9-11H2,1-6H3/b8-7-. The molecule has 0 aromatic heterocycles. The van der Waals surface area contributed by atoms with Gasteiger partial charge < -0.3 is 0 Å². The number of hydrogen-bond donors (Lipinski definition) is 0. The molecular formula is C13H26. The van der Waals surface area contributed by atoms with Crippen molar-refractivity contribution in [1.82, 2.24) is 0 Å². The SMILES string of the molecule is CC(C)(C)C/C=C\CCC(C)(C)C. The predicted molar refractivity (Wildman–Crippen MR) is 61.9 cm³/mol. The summed E-state index contributed by atoms with van der Waals surface area (Å²) in [4.78, 5) is 0. The Bertz CT molecular complexity index is 150. The molecule has 0 aliphatic carbocycles. The summed E-state index contributed by atoms with van der Waals surface area (Å²) in [6, 6.07) is 0. The Morgan fingerprint density at radius 1 is 0.769 bits per heavy atom. The Morgan fingerprint density at radius 2 is 1.31 bits per heavy atom. The van der Waals surface area contributed by atoms with E-state index in [4.69, 9.17) is 0 Å². The monoisotopic (exact) mass is 182 g/mol. The Kier molecular flexibility index (Phi) is 4.74. The molecule has 78 valence electrons. The van der Waals surface area contributed by atoms with E-state index in [9.17, 15) is 0 Å². The van der Waals surface area contributed by atoms with Crippen LogP contribution < -0.4 is 0 Å². The lowest BCUT2D eigenvalue weighted by atomic mass is 9.89. The van der Waals surface area contributed by atoms with Crippen LogP contribution in [0, 0.1) is 10.8 Å². The Hall–Kier alpha value is -0.260. The molecule has 0 aromatic carbocycles. The van der Waals surface area contributed by atoms with Gasteiger partial charge in [-0.05, 0) is 30.1 Å². The zero-order valence-electron chi connectivity index (χ0n) is 10.3. The van der Waals surface area contributed by atoms with Crippen LogP contribution in [0.15, 0.2) is 12.2 Å². The number of hydrogen-bond acceptors (Lipinski definition) is 0. The summed E-state index contributed by atoms with van der Waals surface area (Å²) in [7, 11) is 0. The zero-order chi connectivity index (χ0) is 10.5. The molecule has 0 amide bonds. The summed E-state index contributed by atoms with van der Waals surface area (Å²) in [5.41, 5.74) is 0.921. The first kappa shape index (κ1) is 12.7. The second-order valence-electron chi connectivity index (χ2n) is 6.34. The van der Waals surface area contributed by atoms with Gasteiger partial charge in [0.1, 0.15) is 0 Å². The van der Waals surface area contributed by atoms with Gasteiger partial charge in [0.2, 0.25) is 0 Å². The molecule has 0 N–H and O–H groups in total. The molecule has 0 rings (SSSR count). The van der Waals surface area contributed by atoms with Crippen molar-refractivity contribution in [3.8, 4) is 0 Å². The van der Waals surface area contributed by atoms with E-state index in [1.54, 1.807) is 0 Å². The minimum Gasteiger partial charge on any atom is -0.0885 e. The van der Waals surface area contributed by atoms with Gasteiger partial charge in [0.25, 0.3) is 0 Å². The van der Waals surface area contributed by atoms with Crippen LogP contribution in [0.2, 0.25) is 0 Å². The highest BCUT2D eigenvalue weighted by atomic mass is 14.1. The van der Waals surface area contributed by atoms with E-state index in [1.165, 1.54) is 19.3 Å². The number of rotatable bonds is 3. The highest BCUT2D eigenvalue weighted by molar-refractivity contribution is 4.86. The molecule has 0 saturated carbocycles. The van der Waals surface area contributed by atoms with Crippen LogP contribution in [-0.2, 0) is 0 Å². The molecular weight excluding hydrogens is 156 g/mol. The maximum absolute atomic E-state index is 2.33. The van der Waals surface area contributed by atoms with Gasteiger partial charge in [-0.25, -0.2) is 0 Å². The van der Waals surface area contributed by atoms with Gasteiger partial charge in [0.05, 0.1) is 0 Å². The fraction of sp³-hybridized carbons (Fsp3) is 0.846. The van der Waals surface area contributed by atoms with Gasteiger partial charge in [0.15, 0.2) is 0 Å². The molecule has 0 aliphatic heterocycles. The summed E-state index contributed by atoms with van der Waals surface area (Å²) in [5, 5.41) is 0. The maximum Gasteiger partial charge on any atom is -0.0302 e. The molecule has 0 aliphatic rings. The van der Waals surface area contributed by atoms with Crippen molar-refractivity contribution < 1.29 is 0 Å². The Labute approximate surface area is 84.4 Å². The summed E-state index contributed by atoms with van der Waals surface area (Å²) in [6.45, 7) is 13.7. The fourth-order valence-electron chi connectivity index (χ4n) is 1.07. The Morgan fingerprint density at radius 3 is 1.69 bits per heavy atom. The van der Waals surface area contributed by atoms with Crippen LogP contribution in [0.4, 0.5) is 0 Å². The molecule has 0 saturated heterocycles. The van der Waals surface area contributed by atoms with Crippen LogP contribution in [-0.4, -0.2) is 0 Å². The molecule has 0 atom stereocenters. The van der Waals surface area contributed by atoms with Gasteiger partial charge in [-0.2, -0.15) is 0 Å². The molecule has 13 heavy (non-hydrogen) atoms. The summed E-state index contributed by atoms with van der Waals surface area (Å²) in [5.74, 6) is 0. The van der Waals surface area contributed by atoms with Crippen LogP contribution >= 0.6 is 0 Å². The Balaban J connectivity index is 3.55. The summed E-state index contributed by atoms with van der Waals surface area (Å²) >= 11 is 0. The van der Waals surface area contributed by atoms with E-state index in [-0.39, 0.29) is 0 Å². The van der Waals surface area contributed by atoms with E-state index < -0.39 is 0 Å². The van der Waals surface area contributed by atoms with Crippen LogP contribution in [0.3, 0.4) is 0 Å². The molecule has 0 heterocycles. The third-order valence-electron chi connectivity index (χ3n) is 1.96. The number of allylic oxidation sites excluding steroid dienone is 2. The molecule has 0 unspecified atom stereocenters. The zero-order valence-corrected chi connectivity index (χ0v) is 10.3. The van der Waals surface area contributed by atoms with Gasteiger partial charge >= 0.3 is 0 Å². The molecule has 0 aromatic rings. The highest BCUT2D eigenvalue weighted by Crippen LogP contribution is 2.22. The van der Waals surface area contributed by atoms with E-state index in [0.717, 1.165) is 0 Å². The van der Waals surface area contributed by atoms with E-state index >= 15 is 0 Å². The van der Waals surface area contributed by atoms with E-state index in [1.807, 2.05) is 0 Å². The van der Waals surface area contributed by atoms with Crippen molar-refractivity contribution in [2.75, 3.05) is 0 Å². The minimum absolute atomic E-state index is 0.443. The summed E-state index contributed by atoms with van der Waals surface area (Å²) < 4.78 is 0.